The smallest absolute Gasteiger partial charge is 0.406 e. The van der Waals surface area contributed by atoms with Crippen LogP contribution in [-0.4, -0.2) is 36.3 Å². The second-order valence-electron chi connectivity index (χ2n) is 6.35. The molecule has 29 heavy (non-hydrogen) atoms. The number of halogens is 3. The third-order valence-electron chi connectivity index (χ3n) is 4.15. The highest BCUT2D eigenvalue weighted by molar-refractivity contribution is 5.95. The minimum absolute atomic E-state index is 0.00121. The Balaban J connectivity index is 2.06. The second-order valence-corrected chi connectivity index (χ2v) is 6.35. The average molecular weight is 403 g/mol. The molecule has 1 aliphatic rings. The molecule has 0 saturated heterocycles. The van der Waals surface area contributed by atoms with Crippen LogP contribution in [-0.2, 0) is 9.53 Å². The number of para-hydroxylation sites is 1. The fourth-order valence-electron chi connectivity index (χ4n) is 2.99. The maximum absolute atomic E-state index is 13.0. The molecule has 0 aromatic heterocycles. The molecule has 3 rings (SSSR count). The van der Waals surface area contributed by atoms with E-state index in [0.717, 1.165) is 11.1 Å². The van der Waals surface area contributed by atoms with Crippen molar-refractivity contribution in [2.24, 2.45) is 0 Å². The van der Waals surface area contributed by atoms with Gasteiger partial charge in [0.15, 0.2) is 6.10 Å². The van der Waals surface area contributed by atoms with Crippen LogP contribution in [0.4, 0.5) is 13.2 Å². The van der Waals surface area contributed by atoms with Crippen LogP contribution in [0.3, 0.4) is 0 Å². The van der Waals surface area contributed by atoms with E-state index in [4.69, 9.17) is 9.47 Å². The predicted octanol–water partition coefficient (Wildman–Crippen LogP) is 4.80. The number of hydrogen-bond acceptors (Lipinski definition) is 4. The fraction of sp³-hybridized carbons (Fsp3) is 0.227. The van der Waals surface area contributed by atoms with Crippen LogP contribution in [0.1, 0.15) is 12.5 Å². The Bertz CT molecular complexity index is 893. The van der Waals surface area contributed by atoms with E-state index in [1.165, 1.54) is 6.20 Å². The maximum atomic E-state index is 13.0. The summed E-state index contributed by atoms with van der Waals surface area (Å²) in [6.45, 7) is 0.498. The molecule has 1 unspecified atom stereocenters. The van der Waals surface area contributed by atoms with Gasteiger partial charge in [-0.05, 0) is 24.6 Å². The molecule has 0 fully saturated rings. The molecule has 0 bridgehead atoms. The lowest BCUT2D eigenvalue weighted by molar-refractivity contribution is -0.141. The Morgan fingerprint density at radius 2 is 1.62 bits per heavy atom. The fourth-order valence-corrected chi connectivity index (χ4v) is 2.99. The molecule has 0 amide bonds. The van der Waals surface area contributed by atoms with Gasteiger partial charge in [0.1, 0.15) is 12.3 Å². The van der Waals surface area contributed by atoms with Crippen molar-refractivity contribution in [3.05, 3.63) is 84.2 Å². The molecule has 7 heteroatoms. The minimum Gasteiger partial charge on any atom is -0.481 e. The summed E-state index contributed by atoms with van der Waals surface area (Å²) >= 11 is 0. The molecule has 0 aliphatic carbocycles. The Labute approximate surface area is 166 Å². The van der Waals surface area contributed by atoms with Gasteiger partial charge < -0.3 is 14.4 Å². The predicted molar refractivity (Wildman–Crippen MR) is 103 cm³/mol. The van der Waals surface area contributed by atoms with Crippen LogP contribution in [0.2, 0.25) is 0 Å². The van der Waals surface area contributed by atoms with Crippen LogP contribution >= 0.6 is 0 Å². The first-order valence-corrected chi connectivity index (χ1v) is 9.07. The molecular formula is C22H20F3NO3. The van der Waals surface area contributed by atoms with Crippen molar-refractivity contribution >= 4 is 11.5 Å². The number of nitrogens with zero attached hydrogens (tertiary/aromatic N) is 1. The molecule has 0 spiro atoms. The van der Waals surface area contributed by atoms with Crippen LogP contribution in [0.25, 0.3) is 5.57 Å². The third kappa shape index (κ3) is 5.40. The molecule has 2 aromatic rings. The number of alkyl halides is 3. The molecule has 0 radical (unpaired) electrons. The van der Waals surface area contributed by atoms with Gasteiger partial charge in [-0.2, -0.15) is 13.2 Å². The van der Waals surface area contributed by atoms with Gasteiger partial charge in [-0.15, -0.1) is 0 Å². The maximum Gasteiger partial charge on any atom is 0.406 e. The van der Waals surface area contributed by atoms with Crippen LogP contribution in [0.5, 0.6) is 5.75 Å². The lowest BCUT2D eigenvalue weighted by atomic mass is 9.93. The molecule has 0 saturated carbocycles. The summed E-state index contributed by atoms with van der Waals surface area (Å²) in [5.74, 6) is -0.235. The summed E-state index contributed by atoms with van der Waals surface area (Å²) in [5, 5.41) is 0. The van der Waals surface area contributed by atoms with Gasteiger partial charge >= 0.3 is 12.1 Å². The normalized spacial score (nSPS) is 16.7. The number of carbonyl (C=O) groups is 1. The molecule has 0 N–H and O–H groups in total. The largest absolute Gasteiger partial charge is 0.481 e. The van der Waals surface area contributed by atoms with Gasteiger partial charge in [0.25, 0.3) is 0 Å². The molecule has 1 heterocycles. The van der Waals surface area contributed by atoms with Crippen LogP contribution < -0.4 is 4.74 Å². The van der Waals surface area contributed by atoms with Gasteiger partial charge in [-0.3, -0.25) is 0 Å². The zero-order valence-corrected chi connectivity index (χ0v) is 15.7. The van der Waals surface area contributed by atoms with Crippen molar-refractivity contribution in [2.75, 3.05) is 13.2 Å². The van der Waals surface area contributed by atoms with E-state index in [1.54, 1.807) is 61.5 Å². The van der Waals surface area contributed by atoms with Gasteiger partial charge in [-0.25, -0.2) is 4.79 Å². The van der Waals surface area contributed by atoms with Crippen LogP contribution in [0, 0.1) is 0 Å². The lowest BCUT2D eigenvalue weighted by Gasteiger charge is -2.31. The van der Waals surface area contributed by atoms with E-state index in [2.05, 4.69) is 0 Å². The quantitative estimate of drug-likeness (QED) is 0.650. The van der Waals surface area contributed by atoms with E-state index >= 15 is 0 Å². The van der Waals surface area contributed by atoms with E-state index in [0.29, 0.717) is 16.9 Å². The Kier molecular flexibility index (Phi) is 6.26. The van der Waals surface area contributed by atoms with Gasteiger partial charge in [0.05, 0.1) is 12.2 Å². The van der Waals surface area contributed by atoms with Crippen molar-refractivity contribution in [3.8, 4) is 5.75 Å². The molecule has 4 nitrogen and oxygen atoms in total. The summed E-state index contributed by atoms with van der Waals surface area (Å²) in [6.07, 6.45) is -2.85. The first-order chi connectivity index (χ1) is 13.9. The average Bonchev–Trinajstić information content (AvgIpc) is 2.69. The molecule has 152 valence electrons. The molecular weight excluding hydrogens is 383 g/mol. The minimum atomic E-state index is -4.44. The lowest BCUT2D eigenvalue weighted by Crippen LogP contribution is -2.36. The van der Waals surface area contributed by atoms with Gasteiger partial charge in [-0.1, -0.05) is 48.5 Å². The first-order valence-electron chi connectivity index (χ1n) is 9.07. The number of ether oxygens (including phenoxy) is 2. The Morgan fingerprint density at radius 1 is 1.00 bits per heavy atom. The standard InChI is InChI=1S/C22H20F3NO3/c1-2-28-21(27)19-14-26(15-22(23,24)25)13-18(16-9-5-3-6-10-16)20(19)29-17-11-7-4-8-12-17/h3-14,20H,2,15H2,1H3. The van der Waals surface area contributed by atoms with E-state index in [-0.39, 0.29) is 12.2 Å². The summed E-state index contributed by atoms with van der Waals surface area (Å²) in [6, 6.07) is 17.6. The van der Waals surface area contributed by atoms with E-state index in [1.807, 2.05) is 6.07 Å². The monoisotopic (exact) mass is 403 g/mol. The molecule has 1 aliphatic heterocycles. The van der Waals surface area contributed by atoms with Crippen molar-refractivity contribution < 1.29 is 27.4 Å². The van der Waals surface area contributed by atoms with Gasteiger partial charge in [0.2, 0.25) is 0 Å². The number of hydrogen-bond donors (Lipinski definition) is 0. The van der Waals surface area contributed by atoms with Crippen LogP contribution in [0.15, 0.2) is 78.6 Å². The topological polar surface area (TPSA) is 38.8 Å². The van der Waals surface area contributed by atoms with Gasteiger partial charge in [0, 0.05) is 18.0 Å². The number of benzene rings is 2. The zero-order chi connectivity index (χ0) is 20.9. The van der Waals surface area contributed by atoms with E-state index in [9.17, 15) is 18.0 Å². The molecule has 1 atom stereocenters. The Hall–Kier alpha value is -3.22. The highest BCUT2D eigenvalue weighted by atomic mass is 19.4. The van der Waals surface area contributed by atoms with Crippen molar-refractivity contribution in [1.29, 1.82) is 0 Å². The third-order valence-corrected chi connectivity index (χ3v) is 4.15. The van der Waals surface area contributed by atoms with Crippen molar-refractivity contribution in [1.82, 2.24) is 4.90 Å². The first kappa shape index (κ1) is 20.5. The van der Waals surface area contributed by atoms with Crippen molar-refractivity contribution in [2.45, 2.75) is 19.2 Å². The second kappa shape index (κ2) is 8.86. The summed E-state index contributed by atoms with van der Waals surface area (Å²) in [4.78, 5) is 13.5. The zero-order valence-electron chi connectivity index (χ0n) is 15.7. The highest BCUT2D eigenvalue weighted by Crippen LogP contribution is 2.33. The SMILES string of the molecule is CCOC(=O)C1=CN(CC(F)(F)F)C=C(c2ccccc2)C1Oc1ccccc1. The Morgan fingerprint density at radius 3 is 2.21 bits per heavy atom. The number of rotatable bonds is 6. The number of esters is 1. The van der Waals surface area contributed by atoms with Crippen molar-refractivity contribution in [3.63, 3.8) is 0 Å². The highest BCUT2D eigenvalue weighted by Gasteiger charge is 2.36. The summed E-state index contributed by atoms with van der Waals surface area (Å²) in [7, 11) is 0. The molecule has 2 aromatic carbocycles. The number of carbonyl (C=O) groups excluding carboxylic acids is 1. The van der Waals surface area contributed by atoms with E-state index < -0.39 is 24.8 Å². The summed E-state index contributed by atoms with van der Waals surface area (Å²) in [5.41, 5.74) is 1.08. The summed E-state index contributed by atoms with van der Waals surface area (Å²) < 4.78 is 50.3.